The summed E-state index contributed by atoms with van der Waals surface area (Å²) in [6.07, 6.45) is 1.43. The second-order valence-corrected chi connectivity index (χ2v) is 6.65. The zero-order valence-electron chi connectivity index (χ0n) is 14.4. The molecule has 0 aliphatic carbocycles. The number of nitrogens with one attached hydrogen (secondary N) is 1. The van der Waals surface area contributed by atoms with Crippen molar-refractivity contribution in [1.29, 1.82) is 0 Å². The number of rotatable bonds is 6. The van der Waals surface area contributed by atoms with E-state index in [1.807, 2.05) is 31.2 Å². The highest BCUT2D eigenvalue weighted by molar-refractivity contribution is 6.30. The maximum Gasteiger partial charge on any atom is 0.271 e. The Bertz CT molecular complexity index is 765. The van der Waals surface area contributed by atoms with Gasteiger partial charge in [-0.05, 0) is 44.5 Å². The Kier molecular flexibility index (Phi) is 6.17. The van der Waals surface area contributed by atoms with Crippen LogP contribution in [-0.2, 0) is 11.4 Å². The predicted octanol–water partition coefficient (Wildman–Crippen LogP) is 3.45. The minimum absolute atomic E-state index is 0.402. The van der Waals surface area contributed by atoms with E-state index < -0.39 is 11.5 Å². The molecule has 0 saturated carbocycles. The summed E-state index contributed by atoms with van der Waals surface area (Å²) >= 11 is 6.02. The van der Waals surface area contributed by atoms with Crippen molar-refractivity contribution in [2.24, 2.45) is 5.10 Å². The molecule has 0 aliphatic heterocycles. The Morgan fingerprint density at radius 1 is 1.28 bits per heavy atom. The monoisotopic (exact) mass is 360 g/mol. The van der Waals surface area contributed by atoms with Gasteiger partial charge in [0.2, 0.25) is 0 Å². The van der Waals surface area contributed by atoms with E-state index in [0.717, 1.165) is 5.56 Å². The van der Waals surface area contributed by atoms with E-state index in [1.165, 1.54) is 25.6 Å². The number of hydrogen-bond donors (Lipinski definition) is 2. The van der Waals surface area contributed by atoms with Gasteiger partial charge in [0.1, 0.15) is 18.0 Å². The first-order chi connectivity index (χ1) is 11.8. The Labute approximate surface area is 152 Å². The average Bonchev–Trinajstić information content (AvgIpc) is 2.54. The SMILES string of the molecule is Cc1ccc(COc2ccc(Cl)cc2C=NNC(=O)C(C)(C)O)cc1. The first kappa shape index (κ1) is 19.0. The summed E-state index contributed by atoms with van der Waals surface area (Å²) in [7, 11) is 0. The highest BCUT2D eigenvalue weighted by atomic mass is 35.5. The quantitative estimate of drug-likeness (QED) is 0.612. The second kappa shape index (κ2) is 8.14. The van der Waals surface area contributed by atoms with Gasteiger partial charge in [-0.3, -0.25) is 4.79 Å². The summed E-state index contributed by atoms with van der Waals surface area (Å²) in [6.45, 7) is 5.19. The number of hydrazone groups is 1. The molecule has 2 rings (SSSR count). The zero-order valence-corrected chi connectivity index (χ0v) is 15.2. The largest absolute Gasteiger partial charge is 0.488 e. The van der Waals surface area contributed by atoms with Crippen LogP contribution in [0.3, 0.4) is 0 Å². The number of halogens is 1. The first-order valence-corrected chi connectivity index (χ1v) is 8.17. The third-order valence-corrected chi connectivity index (χ3v) is 3.65. The minimum atomic E-state index is -1.50. The van der Waals surface area contributed by atoms with E-state index in [1.54, 1.807) is 18.2 Å². The fourth-order valence-corrected chi connectivity index (χ4v) is 2.07. The molecule has 0 aliphatic rings. The molecule has 132 valence electrons. The molecule has 0 atom stereocenters. The second-order valence-electron chi connectivity index (χ2n) is 6.21. The maximum absolute atomic E-state index is 11.6. The topological polar surface area (TPSA) is 70.9 Å². The van der Waals surface area contributed by atoms with Gasteiger partial charge in [-0.15, -0.1) is 0 Å². The first-order valence-electron chi connectivity index (χ1n) is 7.79. The van der Waals surface area contributed by atoms with Crippen molar-refractivity contribution in [2.75, 3.05) is 0 Å². The van der Waals surface area contributed by atoms with Crippen LogP contribution in [0.4, 0.5) is 0 Å². The number of carbonyl (C=O) groups is 1. The van der Waals surface area contributed by atoms with Gasteiger partial charge in [0.25, 0.3) is 5.91 Å². The van der Waals surface area contributed by atoms with Gasteiger partial charge in [0.15, 0.2) is 0 Å². The molecule has 0 heterocycles. The third kappa shape index (κ3) is 5.89. The molecule has 0 unspecified atom stereocenters. The maximum atomic E-state index is 11.6. The Balaban J connectivity index is 2.08. The number of nitrogens with zero attached hydrogens (tertiary/aromatic N) is 1. The number of carbonyl (C=O) groups excluding carboxylic acids is 1. The highest BCUT2D eigenvalue weighted by Gasteiger charge is 2.22. The smallest absolute Gasteiger partial charge is 0.271 e. The summed E-state index contributed by atoms with van der Waals surface area (Å²) in [6, 6.07) is 13.2. The van der Waals surface area contributed by atoms with Gasteiger partial charge in [-0.2, -0.15) is 5.10 Å². The number of aliphatic hydroxyl groups is 1. The molecule has 5 nitrogen and oxygen atoms in total. The van der Waals surface area contributed by atoms with Crippen molar-refractivity contribution in [3.05, 3.63) is 64.2 Å². The van der Waals surface area contributed by atoms with E-state index in [-0.39, 0.29) is 0 Å². The Morgan fingerprint density at radius 2 is 1.96 bits per heavy atom. The van der Waals surface area contributed by atoms with Gasteiger partial charge in [0, 0.05) is 10.6 Å². The molecule has 0 saturated heterocycles. The van der Waals surface area contributed by atoms with Crippen LogP contribution in [0.5, 0.6) is 5.75 Å². The molecule has 0 aromatic heterocycles. The van der Waals surface area contributed by atoms with E-state index in [2.05, 4.69) is 10.5 Å². The highest BCUT2D eigenvalue weighted by Crippen LogP contribution is 2.22. The van der Waals surface area contributed by atoms with Crippen molar-refractivity contribution in [3.8, 4) is 5.75 Å². The molecular weight excluding hydrogens is 340 g/mol. The molecule has 25 heavy (non-hydrogen) atoms. The van der Waals surface area contributed by atoms with E-state index >= 15 is 0 Å². The lowest BCUT2D eigenvalue weighted by Gasteiger charge is -2.14. The average molecular weight is 361 g/mol. The lowest BCUT2D eigenvalue weighted by Crippen LogP contribution is -2.39. The van der Waals surface area contributed by atoms with Crippen LogP contribution in [0.2, 0.25) is 5.02 Å². The van der Waals surface area contributed by atoms with Gasteiger partial charge < -0.3 is 9.84 Å². The summed E-state index contributed by atoms with van der Waals surface area (Å²) in [5.74, 6) is -0.0147. The third-order valence-electron chi connectivity index (χ3n) is 3.41. The van der Waals surface area contributed by atoms with Crippen molar-refractivity contribution in [2.45, 2.75) is 33.0 Å². The van der Waals surface area contributed by atoms with Crippen molar-refractivity contribution in [3.63, 3.8) is 0 Å². The van der Waals surface area contributed by atoms with Gasteiger partial charge in [-0.25, -0.2) is 5.43 Å². The zero-order chi connectivity index (χ0) is 18.4. The Hall–Kier alpha value is -2.37. The van der Waals surface area contributed by atoms with Crippen LogP contribution >= 0.6 is 11.6 Å². The molecule has 6 heteroatoms. The van der Waals surface area contributed by atoms with Crippen LogP contribution in [-0.4, -0.2) is 22.8 Å². The minimum Gasteiger partial charge on any atom is -0.488 e. The van der Waals surface area contributed by atoms with Crippen LogP contribution in [0.25, 0.3) is 0 Å². The Morgan fingerprint density at radius 3 is 2.60 bits per heavy atom. The van der Waals surface area contributed by atoms with Crippen LogP contribution < -0.4 is 10.2 Å². The van der Waals surface area contributed by atoms with Crippen molar-refractivity contribution >= 4 is 23.7 Å². The molecular formula is C19H21ClN2O3. The normalized spacial score (nSPS) is 11.6. The molecule has 0 radical (unpaired) electrons. The summed E-state index contributed by atoms with van der Waals surface area (Å²) < 4.78 is 5.83. The van der Waals surface area contributed by atoms with Crippen LogP contribution in [0.1, 0.15) is 30.5 Å². The molecule has 0 bridgehead atoms. The number of amides is 1. The van der Waals surface area contributed by atoms with E-state index in [0.29, 0.717) is 22.9 Å². The molecule has 1 amide bonds. The standard InChI is InChI=1S/C19H21ClN2O3/c1-13-4-6-14(7-5-13)12-25-17-9-8-16(20)10-15(17)11-21-22-18(23)19(2,3)24/h4-11,24H,12H2,1-3H3,(H,22,23). The summed E-state index contributed by atoms with van der Waals surface area (Å²) in [4.78, 5) is 11.6. The van der Waals surface area contributed by atoms with Crippen molar-refractivity contribution in [1.82, 2.24) is 5.43 Å². The molecule has 2 aromatic carbocycles. The fourth-order valence-electron chi connectivity index (χ4n) is 1.89. The van der Waals surface area contributed by atoms with Crippen LogP contribution in [0.15, 0.2) is 47.6 Å². The molecule has 0 fully saturated rings. The molecule has 2 aromatic rings. The van der Waals surface area contributed by atoms with Gasteiger partial charge in [-0.1, -0.05) is 41.4 Å². The van der Waals surface area contributed by atoms with Crippen molar-refractivity contribution < 1.29 is 14.6 Å². The van der Waals surface area contributed by atoms with Crippen LogP contribution in [0, 0.1) is 6.92 Å². The summed E-state index contributed by atoms with van der Waals surface area (Å²) in [5.41, 5.74) is 3.62. The van der Waals surface area contributed by atoms with E-state index in [4.69, 9.17) is 16.3 Å². The lowest BCUT2D eigenvalue weighted by molar-refractivity contribution is -0.136. The van der Waals surface area contributed by atoms with E-state index in [9.17, 15) is 9.90 Å². The number of ether oxygens (including phenoxy) is 1. The van der Waals surface area contributed by atoms with Gasteiger partial charge >= 0.3 is 0 Å². The summed E-state index contributed by atoms with van der Waals surface area (Å²) in [5, 5.41) is 14.0. The number of hydrogen-bond acceptors (Lipinski definition) is 4. The lowest BCUT2D eigenvalue weighted by atomic mass is 10.1. The predicted molar refractivity (Wildman–Crippen MR) is 99.0 cm³/mol. The number of aryl methyl sites for hydroxylation is 1. The van der Waals surface area contributed by atoms with Gasteiger partial charge in [0.05, 0.1) is 6.21 Å². The number of benzene rings is 2. The fraction of sp³-hybridized carbons (Fsp3) is 0.263. The molecule has 0 spiro atoms. The molecule has 2 N–H and O–H groups in total.